The minimum atomic E-state index is 0.0966. The molecule has 5 heterocycles. The third-order valence-electron chi connectivity index (χ3n) is 7.61. The Hall–Kier alpha value is -2.28. The largest absolute Gasteiger partial charge is 0.352 e. The summed E-state index contributed by atoms with van der Waals surface area (Å²) in [4.78, 5) is 19.5. The lowest BCUT2D eigenvalue weighted by atomic mass is 9.75. The van der Waals surface area contributed by atoms with E-state index < -0.39 is 0 Å². The Balaban J connectivity index is 1.13. The second kappa shape index (κ2) is 9.47. The summed E-state index contributed by atoms with van der Waals surface area (Å²) in [5, 5.41) is 12.0. The van der Waals surface area contributed by atoms with Crippen molar-refractivity contribution >= 4 is 5.91 Å². The van der Waals surface area contributed by atoms with Gasteiger partial charge in [-0.05, 0) is 49.3 Å². The molecule has 7 nitrogen and oxygen atoms in total. The molecule has 7 heteroatoms. The number of pyridine rings is 1. The van der Waals surface area contributed by atoms with Crippen LogP contribution < -0.4 is 5.32 Å². The highest BCUT2D eigenvalue weighted by Crippen LogP contribution is 2.37. The molecule has 1 unspecified atom stereocenters. The molecule has 1 amide bonds. The highest BCUT2D eigenvalue weighted by atomic mass is 16.1. The van der Waals surface area contributed by atoms with E-state index in [9.17, 15) is 4.79 Å². The maximum atomic E-state index is 12.8. The van der Waals surface area contributed by atoms with Crippen LogP contribution >= 0.6 is 0 Å². The zero-order valence-electron chi connectivity index (χ0n) is 18.3. The lowest BCUT2D eigenvalue weighted by Crippen LogP contribution is -2.58. The monoisotopic (exact) mass is 422 g/mol. The number of piperidine rings is 3. The summed E-state index contributed by atoms with van der Waals surface area (Å²) in [6.07, 6.45) is 15.8. The fourth-order valence-electron chi connectivity index (χ4n) is 5.87. The third-order valence-corrected chi connectivity index (χ3v) is 7.61. The van der Waals surface area contributed by atoms with Crippen LogP contribution in [0, 0.1) is 17.8 Å². The topological polar surface area (TPSA) is 75.9 Å². The predicted molar refractivity (Wildman–Crippen MR) is 118 cm³/mol. The van der Waals surface area contributed by atoms with Crippen LogP contribution in [0.2, 0.25) is 0 Å². The lowest BCUT2D eigenvalue weighted by Gasteiger charge is -2.49. The van der Waals surface area contributed by atoms with E-state index in [4.69, 9.17) is 0 Å². The number of carbonyl (C=O) groups is 1. The van der Waals surface area contributed by atoms with Gasteiger partial charge in [-0.15, -0.1) is 5.10 Å². The van der Waals surface area contributed by atoms with Gasteiger partial charge in [0.15, 0.2) is 0 Å². The van der Waals surface area contributed by atoms with Crippen molar-refractivity contribution in [3.05, 3.63) is 42.0 Å². The van der Waals surface area contributed by atoms with E-state index in [0.29, 0.717) is 18.5 Å². The molecule has 4 aliphatic rings. The first-order valence-electron chi connectivity index (χ1n) is 12.0. The number of hydrogen-bond acceptors (Lipinski definition) is 5. The molecule has 2 aromatic rings. The zero-order valence-corrected chi connectivity index (χ0v) is 18.3. The molecule has 31 heavy (non-hydrogen) atoms. The van der Waals surface area contributed by atoms with Crippen molar-refractivity contribution in [2.45, 2.75) is 70.5 Å². The van der Waals surface area contributed by atoms with Crippen molar-refractivity contribution in [2.24, 2.45) is 17.8 Å². The van der Waals surface area contributed by atoms with Crippen LogP contribution in [0.25, 0.3) is 0 Å². The quantitative estimate of drug-likeness (QED) is 0.743. The lowest BCUT2D eigenvalue weighted by molar-refractivity contribution is -0.133. The summed E-state index contributed by atoms with van der Waals surface area (Å²) in [5.74, 6) is 1.54. The van der Waals surface area contributed by atoms with Gasteiger partial charge in [0, 0.05) is 37.7 Å². The van der Waals surface area contributed by atoms with Crippen LogP contribution in [0.15, 0.2) is 30.7 Å². The Bertz CT molecular complexity index is 862. The SMILES string of the molecule is O=C(NCc1cccnc1)[C@@H]1CN2CC[C@H]1C[C@@H]2Cn1cc(CC2CCCCC2)nn1. The number of fused-ring (bicyclic) bond motifs is 3. The van der Waals surface area contributed by atoms with E-state index in [1.54, 1.807) is 6.20 Å². The van der Waals surface area contributed by atoms with Crippen molar-refractivity contribution in [2.75, 3.05) is 13.1 Å². The van der Waals surface area contributed by atoms with Crippen molar-refractivity contribution < 1.29 is 4.79 Å². The molecule has 166 valence electrons. The number of amides is 1. The van der Waals surface area contributed by atoms with Crippen LogP contribution in [0.1, 0.15) is 56.2 Å². The summed E-state index contributed by atoms with van der Waals surface area (Å²) in [6, 6.07) is 4.37. The molecule has 0 radical (unpaired) electrons. The molecular weight excluding hydrogens is 388 g/mol. The zero-order chi connectivity index (χ0) is 21.0. The maximum absolute atomic E-state index is 12.8. The van der Waals surface area contributed by atoms with Crippen LogP contribution in [0.4, 0.5) is 0 Å². The normalized spacial score (nSPS) is 28.5. The van der Waals surface area contributed by atoms with Gasteiger partial charge in [0.1, 0.15) is 0 Å². The van der Waals surface area contributed by atoms with Gasteiger partial charge < -0.3 is 5.32 Å². The van der Waals surface area contributed by atoms with Gasteiger partial charge in [-0.2, -0.15) is 0 Å². The molecule has 0 aromatic carbocycles. The Kier molecular flexibility index (Phi) is 6.30. The Morgan fingerprint density at radius 2 is 2.10 bits per heavy atom. The highest BCUT2D eigenvalue weighted by Gasteiger charge is 2.43. The number of aromatic nitrogens is 4. The number of nitrogens with one attached hydrogen (secondary N) is 1. The summed E-state index contributed by atoms with van der Waals surface area (Å²) in [6.45, 7) is 3.39. The van der Waals surface area contributed by atoms with Gasteiger partial charge in [-0.1, -0.05) is 43.4 Å². The van der Waals surface area contributed by atoms with Crippen molar-refractivity contribution in [3.63, 3.8) is 0 Å². The summed E-state index contributed by atoms with van der Waals surface area (Å²) in [5.41, 5.74) is 2.20. The molecule has 1 saturated carbocycles. The van der Waals surface area contributed by atoms with Gasteiger partial charge in [-0.25, -0.2) is 0 Å². The van der Waals surface area contributed by atoms with Gasteiger partial charge in [0.25, 0.3) is 0 Å². The van der Waals surface area contributed by atoms with Crippen molar-refractivity contribution in [1.29, 1.82) is 0 Å². The number of rotatable bonds is 7. The molecule has 1 N–H and O–H groups in total. The molecule has 2 aromatic heterocycles. The fraction of sp³-hybridized carbons (Fsp3) is 0.667. The molecule has 6 rings (SSSR count). The first-order valence-corrected chi connectivity index (χ1v) is 12.0. The van der Waals surface area contributed by atoms with Gasteiger partial charge >= 0.3 is 0 Å². The van der Waals surface area contributed by atoms with Gasteiger partial charge in [0.2, 0.25) is 5.91 Å². The molecule has 4 atom stereocenters. The standard InChI is InChI=1S/C24H34N6O/c31-24(26-14-19-7-4-9-25-13-19)23-17-29-10-8-20(23)12-22(29)16-30-15-21(27-28-30)11-18-5-2-1-3-6-18/h4,7,9,13,15,18,20,22-23H,1-3,5-6,8,10-12,14,16-17H2,(H,26,31)/t20-,22+,23+/m0/s1. The van der Waals surface area contributed by atoms with Crippen molar-refractivity contribution in [1.82, 2.24) is 30.2 Å². The van der Waals surface area contributed by atoms with Crippen molar-refractivity contribution in [3.8, 4) is 0 Å². The number of nitrogens with zero attached hydrogens (tertiary/aromatic N) is 5. The summed E-state index contributed by atoms with van der Waals surface area (Å²) < 4.78 is 2.04. The average molecular weight is 423 g/mol. The first-order chi connectivity index (χ1) is 15.2. The van der Waals surface area contributed by atoms with E-state index in [2.05, 4.69) is 31.7 Å². The maximum Gasteiger partial charge on any atom is 0.224 e. The molecule has 3 saturated heterocycles. The Morgan fingerprint density at radius 3 is 2.87 bits per heavy atom. The number of hydrogen-bond donors (Lipinski definition) is 1. The van der Waals surface area contributed by atoms with E-state index in [0.717, 1.165) is 56.1 Å². The van der Waals surface area contributed by atoms with Crippen LogP contribution in [-0.2, 0) is 24.3 Å². The van der Waals surface area contributed by atoms with E-state index >= 15 is 0 Å². The molecule has 4 fully saturated rings. The molecule has 2 bridgehead atoms. The highest BCUT2D eigenvalue weighted by molar-refractivity contribution is 5.79. The van der Waals surface area contributed by atoms with Gasteiger partial charge in [-0.3, -0.25) is 19.4 Å². The summed E-state index contributed by atoms with van der Waals surface area (Å²) in [7, 11) is 0. The molecule has 3 aliphatic heterocycles. The van der Waals surface area contributed by atoms with E-state index in [1.165, 1.54) is 32.1 Å². The second-order valence-electron chi connectivity index (χ2n) is 9.76. The van der Waals surface area contributed by atoms with Crippen LogP contribution in [0.5, 0.6) is 0 Å². The van der Waals surface area contributed by atoms with Crippen LogP contribution in [-0.4, -0.2) is 49.9 Å². The third kappa shape index (κ3) is 4.97. The predicted octanol–water partition coefficient (Wildman–Crippen LogP) is 2.82. The Morgan fingerprint density at radius 1 is 1.19 bits per heavy atom. The minimum absolute atomic E-state index is 0.0966. The van der Waals surface area contributed by atoms with Crippen LogP contribution in [0.3, 0.4) is 0 Å². The van der Waals surface area contributed by atoms with Gasteiger partial charge in [0.05, 0.1) is 18.2 Å². The molecule has 1 aliphatic carbocycles. The first kappa shape index (κ1) is 20.6. The smallest absolute Gasteiger partial charge is 0.224 e. The average Bonchev–Trinajstić information content (AvgIpc) is 3.26. The molecular formula is C24H34N6O. The second-order valence-corrected chi connectivity index (χ2v) is 9.76. The van der Waals surface area contributed by atoms with E-state index in [-0.39, 0.29) is 11.8 Å². The fourth-order valence-corrected chi connectivity index (χ4v) is 5.87. The molecule has 0 spiro atoms. The summed E-state index contributed by atoms with van der Waals surface area (Å²) >= 11 is 0. The number of carbonyl (C=O) groups excluding carboxylic acids is 1. The Labute approximate surface area is 184 Å². The minimum Gasteiger partial charge on any atom is -0.352 e. The van der Waals surface area contributed by atoms with E-state index in [1.807, 2.05) is 23.0 Å².